The predicted molar refractivity (Wildman–Crippen MR) is 67.1 cm³/mol. The molecule has 1 fully saturated rings. The van der Waals surface area contributed by atoms with Crippen molar-refractivity contribution >= 4 is 17.4 Å². The first-order valence-electron chi connectivity index (χ1n) is 5.54. The molecule has 5 heteroatoms. The van der Waals surface area contributed by atoms with Crippen LogP contribution in [-0.4, -0.2) is 11.0 Å². The van der Waals surface area contributed by atoms with Crippen molar-refractivity contribution in [2.24, 2.45) is 10.9 Å². The van der Waals surface area contributed by atoms with Crippen LogP contribution in [0.1, 0.15) is 32.3 Å². The second-order valence-electron chi connectivity index (χ2n) is 3.69. The first-order valence-corrected chi connectivity index (χ1v) is 5.91. The molecule has 0 radical (unpaired) electrons. The number of halogens is 2. The van der Waals surface area contributed by atoms with Gasteiger partial charge in [0.25, 0.3) is 0 Å². The van der Waals surface area contributed by atoms with Gasteiger partial charge in [-0.25, -0.2) is 4.39 Å². The van der Waals surface area contributed by atoms with Crippen molar-refractivity contribution in [1.82, 2.24) is 0 Å². The lowest BCUT2D eigenvalue weighted by Crippen LogP contribution is -2.29. The molecule has 0 atom stereocenters. The summed E-state index contributed by atoms with van der Waals surface area (Å²) in [4.78, 5) is 0. The van der Waals surface area contributed by atoms with Crippen LogP contribution in [0.2, 0.25) is 5.02 Å². The first kappa shape index (κ1) is 13.8. The molecule has 1 aliphatic rings. The minimum Gasteiger partial charge on any atom is -0.409 e. The van der Waals surface area contributed by atoms with Crippen LogP contribution in [0.4, 0.5) is 4.39 Å². The summed E-state index contributed by atoms with van der Waals surface area (Å²) >= 11 is 5.92. The molecule has 3 nitrogen and oxygen atoms in total. The molecule has 0 aliphatic heterocycles. The van der Waals surface area contributed by atoms with E-state index in [0.717, 1.165) is 18.4 Å². The fourth-order valence-corrected chi connectivity index (χ4v) is 2.11. The van der Waals surface area contributed by atoms with Gasteiger partial charge in [-0.1, -0.05) is 36.7 Å². The lowest BCUT2D eigenvalue weighted by atomic mass is 9.95. The Hall–Kier alpha value is -1.29. The van der Waals surface area contributed by atoms with Gasteiger partial charge in [-0.15, -0.1) is 0 Å². The third-order valence-corrected chi connectivity index (χ3v) is 3.11. The summed E-state index contributed by atoms with van der Waals surface area (Å²) < 4.78 is 12.8. The van der Waals surface area contributed by atoms with Gasteiger partial charge in [-0.05, 0) is 30.5 Å². The normalized spacial score (nSPS) is 17.1. The largest absolute Gasteiger partial charge is 0.409 e. The molecule has 0 spiro atoms. The number of oxime groups is 1. The van der Waals surface area contributed by atoms with Crippen molar-refractivity contribution in [3.05, 3.63) is 34.6 Å². The molecule has 0 heterocycles. The molecule has 0 amide bonds. The SMILES string of the molecule is CC.N/C(=N\O)C1(c2ccc(F)cc2Cl)CC1. The van der Waals surface area contributed by atoms with Gasteiger partial charge in [0.15, 0.2) is 0 Å². The quantitative estimate of drug-likeness (QED) is 0.370. The molecule has 3 N–H and O–H groups in total. The molecule has 0 bridgehead atoms. The summed E-state index contributed by atoms with van der Waals surface area (Å²) in [5.41, 5.74) is 5.84. The van der Waals surface area contributed by atoms with Crippen molar-refractivity contribution in [3.63, 3.8) is 0 Å². The van der Waals surface area contributed by atoms with E-state index in [0.29, 0.717) is 5.02 Å². The summed E-state index contributed by atoms with van der Waals surface area (Å²) in [6.07, 6.45) is 1.54. The van der Waals surface area contributed by atoms with Crippen LogP contribution in [0.5, 0.6) is 0 Å². The molecule has 94 valence electrons. The Kier molecular flexibility index (Phi) is 4.34. The van der Waals surface area contributed by atoms with Gasteiger partial charge in [-0.2, -0.15) is 0 Å². The van der Waals surface area contributed by atoms with Crippen LogP contribution >= 0.6 is 11.6 Å². The smallest absolute Gasteiger partial charge is 0.149 e. The number of nitrogens with zero attached hydrogens (tertiary/aromatic N) is 1. The molecule has 1 aliphatic carbocycles. The van der Waals surface area contributed by atoms with E-state index in [1.165, 1.54) is 12.1 Å². The van der Waals surface area contributed by atoms with E-state index in [1.807, 2.05) is 13.8 Å². The predicted octanol–water partition coefficient (Wildman–Crippen LogP) is 3.28. The van der Waals surface area contributed by atoms with E-state index in [-0.39, 0.29) is 11.7 Å². The number of rotatable bonds is 2. The molecule has 17 heavy (non-hydrogen) atoms. The van der Waals surface area contributed by atoms with Crippen molar-refractivity contribution in [2.45, 2.75) is 32.1 Å². The molecule has 1 aromatic carbocycles. The second kappa shape index (κ2) is 5.36. The van der Waals surface area contributed by atoms with E-state index in [9.17, 15) is 4.39 Å². The number of hydrogen-bond donors (Lipinski definition) is 2. The third-order valence-electron chi connectivity index (χ3n) is 2.79. The van der Waals surface area contributed by atoms with Crippen molar-refractivity contribution in [3.8, 4) is 0 Å². The topological polar surface area (TPSA) is 58.6 Å². The fraction of sp³-hybridized carbons (Fsp3) is 0.417. The summed E-state index contributed by atoms with van der Waals surface area (Å²) in [6.45, 7) is 4.00. The highest BCUT2D eigenvalue weighted by Crippen LogP contribution is 2.50. The van der Waals surface area contributed by atoms with Gasteiger partial charge >= 0.3 is 0 Å². The highest BCUT2D eigenvalue weighted by molar-refractivity contribution is 6.32. The minimum absolute atomic E-state index is 0.135. The number of nitrogens with two attached hydrogens (primary N) is 1. The van der Waals surface area contributed by atoms with Gasteiger partial charge in [0.2, 0.25) is 0 Å². The zero-order valence-electron chi connectivity index (χ0n) is 9.87. The average molecular weight is 259 g/mol. The molecule has 0 aromatic heterocycles. The summed E-state index contributed by atoms with van der Waals surface area (Å²) in [5.74, 6) is -0.255. The van der Waals surface area contributed by atoms with Crippen LogP contribution in [0.25, 0.3) is 0 Å². The maximum Gasteiger partial charge on any atom is 0.149 e. The van der Waals surface area contributed by atoms with Crippen molar-refractivity contribution in [2.75, 3.05) is 0 Å². The maximum absolute atomic E-state index is 12.8. The van der Waals surface area contributed by atoms with Crippen LogP contribution in [0.3, 0.4) is 0 Å². The Morgan fingerprint density at radius 2 is 2.06 bits per heavy atom. The Labute approximate surface area is 105 Å². The molecular weight excluding hydrogens is 243 g/mol. The molecule has 0 saturated heterocycles. The lowest BCUT2D eigenvalue weighted by Gasteiger charge is -2.15. The zero-order chi connectivity index (χ0) is 13.1. The second-order valence-corrected chi connectivity index (χ2v) is 4.10. The molecule has 1 aromatic rings. The standard InChI is InChI=1S/C10H10ClFN2O.C2H6/c11-8-5-6(12)1-2-7(8)10(3-4-10)9(13)14-15;1-2/h1-2,5,15H,3-4H2,(H2,13,14);1-2H3. The monoisotopic (exact) mass is 258 g/mol. The van der Waals surface area contributed by atoms with Crippen LogP contribution in [-0.2, 0) is 5.41 Å². The fourth-order valence-electron chi connectivity index (χ4n) is 1.76. The van der Waals surface area contributed by atoms with Crippen LogP contribution in [0, 0.1) is 5.82 Å². The summed E-state index contributed by atoms with van der Waals surface area (Å²) in [7, 11) is 0. The lowest BCUT2D eigenvalue weighted by molar-refractivity contribution is 0.315. The molecule has 2 rings (SSSR count). The minimum atomic E-state index is -0.487. The zero-order valence-corrected chi connectivity index (χ0v) is 10.6. The number of amidine groups is 1. The summed E-state index contributed by atoms with van der Waals surface area (Å²) in [6, 6.07) is 4.15. The van der Waals surface area contributed by atoms with Gasteiger partial charge < -0.3 is 10.9 Å². The van der Waals surface area contributed by atoms with Crippen molar-refractivity contribution < 1.29 is 9.60 Å². The van der Waals surface area contributed by atoms with Gasteiger partial charge in [0.05, 0.1) is 5.41 Å². The van der Waals surface area contributed by atoms with Crippen LogP contribution in [0.15, 0.2) is 23.4 Å². The molecule has 0 unspecified atom stereocenters. The van der Waals surface area contributed by atoms with E-state index in [4.69, 9.17) is 22.5 Å². The van der Waals surface area contributed by atoms with E-state index in [1.54, 1.807) is 6.07 Å². The van der Waals surface area contributed by atoms with E-state index >= 15 is 0 Å². The van der Waals surface area contributed by atoms with Crippen molar-refractivity contribution in [1.29, 1.82) is 0 Å². The van der Waals surface area contributed by atoms with Crippen LogP contribution < -0.4 is 5.73 Å². The average Bonchev–Trinajstić information content (AvgIpc) is 3.12. The third kappa shape index (κ3) is 2.52. The molecule has 1 saturated carbocycles. The van der Waals surface area contributed by atoms with E-state index in [2.05, 4.69) is 5.16 Å². The number of benzene rings is 1. The first-order chi connectivity index (χ1) is 8.10. The highest BCUT2D eigenvalue weighted by atomic mass is 35.5. The van der Waals surface area contributed by atoms with Gasteiger partial charge in [-0.3, -0.25) is 0 Å². The van der Waals surface area contributed by atoms with Gasteiger partial charge in [0.1, 0.15) is 11.7 Å². The Morgan fingerprint density at radius 1 is 1.47 bits per heavy atom. The Morgan fingerprint density at radius 3 is 2.47 bits per heavy atom. The molecular formula is C12H16ClFN2O. The number of hydrogen-bond acceptors (Lipinski definition) is 2. The maximum atomic E-state index is 12.8. The summed E-state index contributed by atoms with van der Waals surface area (Å²) in [5, 5.41) is 12.0. The Bertz CT molecular complexity index is 431. The van der Waals surface area contributed by atoms with Gasteiger partial charge in [0, 0.05) is 5.02 Å². The van der Waals surface area contributed by atoms with E-state index < -0.39 is 5.41 Å². The Balaban J connectivity index is 0.000000686. The highest BCUT2D eigenvalue weighted by Gasteiger charge is 2.49.